The van der Waals surface area contributed by atoms with E-state index in [2.05, 4.69) is 5.32 Å². The molecule has 7 nitrogen and oxygen atoms in total. The van der Waals surface area contributed by atoms with Gasteiger partial charge in [-0.05, 0) is 35.9 Å². The minimum atomic E-state index is -3.53. The van der Waals surface area contributed by atoms with Gasteiger partial charge >= 0.3 is 5.97 Å². The van der Waals surface area contributed by atoms with Crippen molar-refractivity contribution < 1.29 is 22.7 Å². The average Bonchev–Trinajstić information content (AvgIpc) is 2.73. The van der Waals surface area contributed by atoms with E-state index in [0.29, 0.717) is 29.4 Å². The number of halogens is 1. The van der Waals surface area contributed by atoms with E-state index < -0.39 is 28.5 Å². The Labute approximate surface area is 181 Å². The highest BCUT2D eigenvalue weighted by Gasteiger charge is 2.20. The summed E-state index contributed by atoms with van der Waals surface area (Å²) in [5.74, 6) is -1.22. The molecular formula is C21H23ClN2O5S. The molecule has 2 rings (SSSR count). The molecule has 0 unspecified atom stereocenters. The molecule has 0 aliphatic carbocycles. The van der Waals surface area contributed by atoms with Crippen molar-refractivity contribution in [2.75, 3.05) is 25.0 Å². The maximum atomic E-state index is 12.5. The van der Waals surface area contributed by atoms with E-state index in [9.17, 15) is 18.0 Å². The number of hydrogen-bond acceptors (Lipinski definition) is 5. The molecule has 0 aliphatic heterocycles. The summed E-state index contributed by atoms with van der Waals surface area (Å²) in [6.07, 6.45) is 2.64. The summed E-state index contributed by atoms with van der Waals surface area (Å²) < 4.78 is 31.2. The number of hydrogen-bond donors (Lipinski definition) is 1. The van der Waals surface area contributed by atoms with Crippen LogP contribution in [0.1, 0.15) is 19.4 Å². The zero-order valence-electron chi connectivity index (χ0n) is 16.7. The lowest BCUT2D eigenvalue weighted by Gasteiger charge is -2.18. The number of sulfonamides is 1. The minimum absolute atomic E-state index is 0.183. The van der Waals surface area contributed by atoms with E-state index in [0.717, 1.165) is 6.08 Å². The van der Waals surface area contributed by atoms with Crippen molar-refractivity contribution in [1.29, 1.82) is 0 Å². The van der Waals surface area contributed by atoms with Crippen molar-refractivity contribution in [2.24, 2.45) is 0 Å². The van der Waals surface area contributed by atoms with Crippen molar-refractivity contribution in [3.8, 4) is 0 Å². The van der Waals surface area contributed by atoms with Gasteiger partial charge in [-0.15, -0.1) is 0 Å². The maximum Gasteiger partial charge on any atom is 0.331 e. The van der Waals surface area contributed by atoms with Gasteiger partial charge in [0, 0.05) is 19.2 Å². The summed E-state index contributed by atoms with van der Waals surface area (Å²) in [6.45, 7) is 3.86. The molecule has 0 heterocycles. The van der Waals surface area contributed by atoms with Crippen LogP contribution in [-0.2, 0) is 24.3 Å². The van der Waals surface area contributed by atoms with Crippen LogP contribution in [0.5, 0.6) is 0 Å². The Morgan fingerprint density at radius 1 is 1.07 bits per heavy atom. The van der Waals surface area contributed by atoms with Gasteiger partial charge in [-0.2, -0.15) is 4.31 Å². The molecule has 1 amide bonds. The van der Waals surface area contributed by atoms with Crippen molar-refractivity contribution in [1.82, 2.24) is 4.31 Å². The molecule has 0 bridgehead atoms. The lowest BCUT2D eigenvalue weighted by Crippen LogP contribution is -2.30. The second-order valence-corrected chi connectivity index (χ2v) is 8.47. The fourth-order valence-corrected chi connectivity index (χ4v) is 4.20. The molecule has 9 heteroatoms. The summed E-state index contributed by atoms with van der Waals surface area (Å²) in [6, 6.07) is 12.8. The van der Waals surface area contributed by atoms with Gasteiger partial charge in [0.05, 0.1) is 15.6 Å². The third-order valence-corrected chi connectivity index (χ3v) is 6.52. The highest BCUT2D eigenvalue weighted by Crippen LogP contribution is 2.20. The van der Waals surface area contributed by atoms with Gasteiger partial charge in [0.25, 0.3) is 5.91 Å². The number of ether oxygens (including phenoxy) is 1. The van der Waals surface area contributed by atoms with E-state index in [4.69, 9.17) is 16.3 Å². The first-order chi connectivity index (χ1) is 14.3. The van der Waals surface area contributed by atoms with Gasteiger partial charge in [-0.3, -0.25) is 4.79 Å². The second-order valence-electron chi connectivity index (χ2n) is 6.13. The number of anilines is 1. The van der Waals surface area contributed by atoms with Gasteiger partial charge in [0.1, 0.15) is 0 Å². The Morgan fingerprint density at radius 3 is 2.30 bits per heavy atom. The number of benzene rings is 2. The summed E-state index contributed by atoms with van der Waals surface area (Å²) in [5.41, 5.74) is 1.04. The standard InChI is InChI=1S/C21H23ClN2O5S/c1-3-24(4-2)30(27,28)17-12-9-16(10-13-17)11-14-21(26)29-15-20(25)23-19-8-6-5-7-18(19)22/h5-14H,3-4,15H2,1-2H3,(H,23,25)/b14-11+. The molecule has 0 fully saturated rings. The van der Waals surface area contributed by atoms with Crippen LogP contribution in [0.3, 0.4) is 0 Å². The predicted molar refractivity (Wildman–Crippen MR) is 117 cm³/mol. The third-order valence-electron chi connectivity index (χ3n) is 4.13. The molecule has 160 valence electrons. The van der Waals surface area contributed by atoms with E-state index >= 15 is 0 Å². The SMILES string of the molecule is CCN(CC)S(=O)(=O)c1ccc(/C=C/C(=O)OCC(=O)Nc2ccccc2Cl)cc1. The van der Waals surface area contributed by atoms with Crippen LogP contribution in [-0.4, -0.2) is 44.3 Å². The fourth-order valence-electron chi connectivity index (χ4n) is 2.56. The predicted octanol–water partition coefficient (Wildman–Crippen LogP) is 3.57. The molecule has 1 N–H and O–H groups in total. The van der Waals surface area contributed by atoms with Gasteiger partial charge in [0.2, 0.25) is 10.0 Å². The Balaban J connectivity index is 1.90. The van der Waals surface area contributed by atoms with E-state index in [1.54, 1.807) is 50.2 Å². The van der Waals surface area contributed by atoms with Gasteiger partial charge in [-0.1, -0.05) is 49.7 Å². The van der Waals surface area contributed by atoms with E-state index in [-0.39, 0.29) is 4.90 Å². The number of nitrogens with one attached hydrogen (secondary N) is 1. The Kier molecular flexibility index (Phi) is 8.58. The van der Waals surface area contributed by atoms with Crippen LogP contribution in [0.25, 0.3) is 6.08 Å². The molecule has 2 aromatic carbocycles. The van der Waals surface area contributed by atoms with E-state index in [1.807, 2.05) is 0 Å². The smallest absolute Gasteiger partial charge is 0.331 e. The number of carbonyl (C=O) groups excluding carboxylic acids is 2. The first kappa shape index (κ1) is 23.6. The van der Waals surface area contributed by atoms with Crippen LogP contribution in [0.15, 0.2) is 59.5 Å². The zero-order valence-corrected chi connectivity index (χ0v) is 18.2. The summed E-state index contributed by atoms with van der Waals surface area (Å²) in [7, 11) is -3.53. The topological polar surface area (TPSA) is 92.8 Å². The number of carbonyl (C=O) groups is 2. The first-order valence-electron chi connectivity index (χ1n) is 9.27. The van der Waals surface area contributed by atoms with Crippen molar-refractivity contribution >= 4 is 45.3 Å². The molecular weight excluding hydrogens is 428 g/mol. The zero-order chi connectivity index (χ0) is 22.1. The van der Waals surface area contributed by atoms with Crippen molar-refractivity contribution in [3.63, 3.8) is 0 Å². The molecule has 0 saturated heterocycles. The van der Waals surface area contributed by atoms with Crippen LogP contribution in [0, 0.1) is 0 Å². The highest BCUT2D eigenvalue weighted by atomic mass is 35.5. The first-order valence-corrected chi connectivity index (χ1v) is 11.1. The number of esters is 1. The largest absolute Gasteiger partial charge is 0.452 e. The number of para-hydroxylation sites is 1. The third kappa shape index (κ3) is 6.41. The number of rotatable bonds is 9. The van der Waals surface area contributed by atoms with Gasteiger partial charge in [-0.25, -0.2) is 13.2 Å². The number of amides is 1. The van der Waals surface area contributed by atoms with Crippen molar-refractivity contribution in [3.05, 3.63) is 65.2 Å². The molecule has 0 atom stereocenters. The molecule has 0 spiro atoms. The monoisotopic (exact) mass is 450 g/mol. The fraction of sp³-hybridized carbons (Fsp3) is 0.238. The van der Waals surface area contributed by atoms with Crippen LogP contribution in [0.4, 0.5) is 5.69 Å². The second kappa shape index (κ2) is 10.9. The van der Waals surface area contributed by atoms with Gasteiger partial charge in [0.15, 0.2) is 6.61 Å². The van der Waals surface area contributed by atoms with Crippen LogP contribution >= 0.6 is 11.6 Å². The Morgan fingerprint density at radius 2 is 1.70 bits per heavy atom. The highest BCUT2D eigenvalue weighted by molar-refractivity contribution is 7.89. The maximum absolute atomic E-state index is 12.5. The summed E-state index contributed by atoms with van der Waals surface area (Å²) in [5, 5.41) is 2.92. The molecule has 0 saturated carbocycles. The Bertz CT molecular complexity index is 1020. The summed E-state index contributed by atoms with van der Waals surface area (Å²) in [4.78, 5) is 23.8. The molecule has 0 aromatic heterocycles. The van der Waals surface area contributed by atoms with Crippen LogP contribution < -0.4 is 5.32 Å². The van der Waals surface area contributed by atoms with Crippen molar-refractivity contribution in [2.45, 2.75) is 18.7 Å². The number of nitrogens with zero attached hydrogens (tertiary/aromatic N) is 1. The molecule has 0 radical (unpaired) electrons. The lowest BCUT2D eigenvalue weighted by atomic mass is 10.2. The average molecular weight is 451 g/mol. The molecule has 0 aliphatic rings. The van der Waals surface area contributed by atoms with Gasteiger partial charge < -0.3 is 10.1 Å². The quantitative estimate of drug-likeness (QED) is 0.465. The van der Waals surface area contributed by atoms with E-state index in [1.165, 1.54) is 22.5 Å². The Hall–Kier alpha value is -2.68. The normalized spacial score (nSPS) is 11.6. The molecule has 30 heavy (non-hydrogen) atoms. The lowest BCUT2D eigenvalue weighted by molar-refractivity contribution is -0.142. The molecule has 2 aromatic rings. The minimum Gasteiger partial charge on any atom is -0.452 e. The van der Waals surface area contributed by atoms with Crippen LogP contribution in [0.2, 0.25) is 5.02 Å². The summed E-state index contributed by atoms with van der Waals surface area (Å²) >= 11 is 5.95.